The standard InChI is InChI=1S/C20H27N3O4/c24-17(25)16-9-6-12-23(14-16)18(26)20(10-4-5-11-20)22-19(27)21-13-15-7-2-1-3-8-15/h1-3,7-8,16H,4-6,9-14H2,(H,24,25)(H2,21,22,27)/t16-/m0/s1. The van der Waals surface area contributed by atoms with Gasteiger partial charge in [0, 0.05) is 19.6 Å². The summed E-state index contributed by atoms with van der Waals surface area (Å²) >= 11 is 0. The molecule has 2 fully saturated rings. The number of nitrogens with one attached hydrogen (secondary N) is 2. The number of benzene rings is 1. The van der Waals surface area contributed by atoms with Crippen LogP contribution in [0.3, 0.4) is 0 Å². The third kappa shape index (κ3) is 4.59. The summed E-state index contributed by atoms with van der Waals surface area (Å²) in [4.78, 5) is 38.6. The highest BCUT2D eigenvalue weighted by atomic mass is 16.4. The Balaban J connectivity index is 1.63. The molecule has 1 aliphatic heterocycles. The molecule has 3 N–H and O–H groups in total. The lowest BCUT2D eigenvalue weighted by atomic mass is 9.92. The number of carbonyl (C=O) groups excluding carboxylic acids is 2. The molecule has 1 aromatic carbocycles. The van der Waals surface area contributed by atoms with Crippen LogP contribution in [0.4, 0.5) is 4.79 Å². The summed E-state index contributed by atoms with van der Waals surface area (Å²) in [6, 6.07) is 9.23. The minimum Gasteiger partial charge on any atom is -0.481 e. The number of urea groups is 1. The quantitative estimate of drug-likeness (QED) is 0.736. The summed E-state index contributed by atoms with van der Waals surface area (Å²) in [5, 5.41) is 15.0. The first-order chi connectivity index (χ1) is 13.0. The molecule has 2 aliphatic rings. The Labute approximate surface area is 159 Å². The van der Waals surface area contributed by atoms with E-state index in [1.807, 2.05) is 30.3 Å². The van der Waals surface area contributed by atoms with Gasteiger partial charge >= 0.3 is 12.0 Å². The molecule has 1 heterocycles. The smallest absolute Gasteiger partial charge is 0.315 e. The third-order valence-electron chi connectivity index (χ3n) is 5.57. The van der Waals surface area contributed by atoms with E-state index in [1.165, 1.54) is 0 Å². The van der Waals surface area contributed by atoms with Crippen LogP contribution in [0.1, 0.15) is 44.1 Å². The number of carboxylic acids is 1. The molecule has 27 heavy (non-hydrogen) atoms. The van der Waals surface area contributed by atoms with Crippen LogP contribution in [0, 0.1) is 5.92 Å². The zero-order valence-corrected chi connectivity index (χ0v) is 15.4. The summed E-state index contributed by atoms with van der Waals surface area (Å²) < 4.78 is 0. The fourth-order valence-corrected chi connectivity index (χ4v) is 4.08. The number of carbonyl (C=O) groups is 3. The number of carboxylic acid groups (broad SMARTS) is 1. The summed E-state index contributed by atoms with van der Waals surface area (Å²) in [6.45, 7) is 1.17. The Hall–Kier alpha value is -2.57. The second kappa shape index (κ2) is 8.41. The molecule has 1 saturated heterocycles. The van der Waals surface area contributed by atoms with Gasteiger partial charge < -0.3 is 20.6 Å². The topological polar surface area (TPSA) is 98.7 Å². The monoisotopic (exact) mass is 373 g/mol. The highest BCUT2D eigenvalue weighted by Crippen LogP contribution is 2.33. The van der Waals surface area contributed by atoms with Crippen LogP contribution < -0.4 is 10.6 Å². The zero-order valence-electron chi connectivity index (χ0n) is 15.4. The van der Waals surface area contributed by atoms with Crippen molar-refractivity contribution in [2.24, 2.45) is 5.92 Å². The lowest BCUT2D eigenvalue weighted by Crippen LogP contribution is -2.61. The van der Waals surface area contributed by atoms with E-state index < -0.39 is 17.4 Å². The number of hydrogen-bond acceptors (Lipinski definition) is 3. The van der Waals surface area contributed by atoms with Crippen LogP contribution >= 0.6 is 0 Å². The van der Waals surface area contributed by atoms with Gasteiger partial charge in [0.05, 0.1) is 5.92 Å². The van der Waals surface area contributed by atoms with Crippen molar-refractivity contribution < 1.29 is 19.5 Å². The van der Waals surface area contributed by atoms with Gasteiger partial charge in [0.25, 0.3) is 0 Å². The SMILES string of the molecule is O=C(NCc1ccccc1)NC1(C(=O)N2CCC[C@H](C(=O)O)C2)CCCC1. The maximum atomic E-state index is 13.2. The maximum absolute atomic E-state index is 13.2. The van der Waals surface area contributed by atoms with Gasteiger partial charge in [0.2, 0.25) is 5.91 Å². The maximum Gasteiger partial charge on any atom is 0.315 e. The van der Waals surface area contributed by atoms with Gasteiger partial charge in [0.1, 0.15) is 5.54 Å². The highest BCUT2D eigenvalue weighted by Gasteiger charge is 2.46. The van der Waals surface area contributed by atoms with Crippen LogP contribution in [0.25, 0.3) is 0 Å². The van der Waals surface area contributed by atoms with Gasteiger partial charge in [-0.15, -0.1) is 0 Å². The van der Waals surface area contributed by atoms with Crippen LogP contribution in [-0.2, 0) is 16.1 Å². The van der Waals surface area contributed by atoms with Crippen molar-refractivity contribution >= 4 is 17.9 Å². The molecule has 0 aromatic heterocycles. The molecule has 7 nitrogen and oxygen atoms in total. The second-order valence-corrected chi connectivity index (χ2v) is 7.51. The molecule has 3 rings (SSSR count). The Bertz CT molecular complexity index is 686. The lowest BCUT2D eigenvalue weighted by Gasteiger charge is -2.38. The number of hydrogen-bond donors (Lipinski definition) is 3. The van der Waals surface area contributed by atoms with Crippen molar-refractivity contribution in [1.29, 1.82) is 0 Å². The van der Waals surface area contributed by atoms with Gasteiger partial charge in [-0.05, 0) is 31.2 Å². The first-order valence-corrected chi connectivity index (χ1v) is 9.62. The Morgan fingerprint density at radius 3 is 2.48 bits per heavy atom. The van der Waals surface area contributed by atoms with Gasteiger partial charge in [-0.3, -0.25) is 9.59 Å². The molecule has 146 valence electrons. The van der Waals surface area contributed by atoms with E-state index in [0.29, 0.717) is 38.8 Å². The molecular weight excluding hydrogens is 346 g/mol. The number of rotatable bonds is 5. The predicted octanol–water partition coefficient (Wildman–Crippen LogP) is 2.12. The largest absolute Gasteiger partial charge is 0.481 e. The van der Waals surface area contributed by atoms with Gasteiger partial charge in [-0.25, -0.2) is 4.79 Å². The fraction of sp³-hybridized carbons (Fsp3) is 0.550. The van der Waals surface area contributed by atoms with Crippen molar-refractivity contribution in [1.82, 2.24) is 15.5 Å². The minimum atomic E-state index is -0.916. The molecule has 1 saturated carbocycles. The number of aliphatic carboxylic acids is 1. The van der Waals surface area contributed by atoms with Crippen molar-refractivity contribution in [3.63, 3.8) is 0 Å². The predicted molar refractivity (Wildman–Crippen MR) is 100.0 cm³/mol. The van der Waals surface area contributed by atoms with Crippen molar-refractivity contribution in [2.75, 3.05) is 13.1 Å². The van der Waals surface area contributed by atoms with Gasteiger partial charge in [-0.1, -0.05) is 43.2 Å². The summed E-state index contributed by atoms with van der Waals surface area (Å²) in [5.74, 6) is -1.52. The minimum absolute atomic E-state index is 0.138. The van der Waals surface area contributed by atoms with Crippen LogP contribution in [-0.4, -0.2) is 46.5 Å². The Kier molecular flexibility index (Phi) is 5.98. The zero-order chi connectivity index (χ0) is 19.3. The van der Waals surface area contributed by atoms with E-state index in [2.05, 4.69) is 10.6 Å². The molecule has 0 unspecified atom stereocenters. The van der Waals surface area contributed by atoms with Gasteiger partial charge in [0.15, 0.2) is 0 Å². The number of likely N-dealkylation sites (tertiary alicyclic amines) is 1. The normalized spacial score (nSPS) is 21.5. The summed E-state index contributed by atoms with van der Waals surface area (Å²) in [6.07, 6.45) is 4.22. The molecule has 1 aliphatic carbocycles. The average Bonchev–Trinajstić information content (AvgIpc) is 3.16. The Morgan fingerprint density at radius 1 is 1.11 bits per heavy atom. The first-order valence-electron chi connectivity index (χ1n) is 9.62. The number of piperidine rings is 1. The van der Waals surface area contributed by atoms with Crippen molar-refractivity contribution in [3.8, 4) is 0 Å². The molecule has 0 bridgehead atoms. The molecule has 7 heteroatoms. The average molecular weight is 373 g/mol. The lowest BCUT2D eigenvalue weighted by molar-refractivity contribution is -0.147. The van der Waals surface area contributed by atoms with Gasteiger partial charge in [-0.2, -0.15) is 0 Å². The molecule has 3 amide bonds. The molecule has 1 aromatic rings. The summed E-state index contributed by atoms with van der Waals surface area (Å²) in [7, 11) is 0. The highest BCUT2D eigenvalue weighted by molar-refractivity contribution is 5.91. The van der Waals surface area contributed by atoms with Crippen molar-refractivity contribution in [2.45, 2.75) is 50.6 Å². The molecule has 0 spiro atoms. The van der Waals surface area contributed by atoms with E-state index >= 15 is 0 Å². The van der Waals surface area contributed by atoms with Crippen LogP contribution in [0.5, 0.6) is 0 Å². The number of amides is 3. The Morgan fingerprint density at radius 2 is 1.81 bits per heavy atom. The van der Waals surface area contributed by atoms with E-state index in [0.717, 1.165) is 18.4 Å². The molecular formula is C20H27N3O4. The second-order valence-electron chi connectivity index (χ2n) is 7.51. The van der Waals surface area contributed by atoms with E-state index in [4.69, 9.17) is 0 Å². The molecule has 1 atom stereocenters. The van der Waals surface area contributed by atoms with E-state index in [1.54, 1.807) is 4.90 Å². The van der Waals surface area contributed by atoms with Crippen LogP contribution in [0.15, 0.2) is 30.3 Å². The third-order valence-corrected chi connectivity index (χ3v) is 5.57. The van der Waals surface area contributed by atoms with Crippen LogP contribution in [0.2, 0.25) is 0 Å². The number of nitrogens with zero attached hydrogens (tertiary/aromatic N) is 1. The summed E-state index contributed by atoms with van der Waals surface area (Å²) in [5.41, 5.74) is 0.0704. The molecule has 0 radical (unpaired) electrons. The first kappa shape index (κ1) is 19.2. The van der Waals surface area contributed by atoms with E-state index in [-0.39, 0.29) is 18.5 Å². The van der Waals surface area contributed by atoms with Crippen molar-refractivity contribution in [3.05, 3.63) is 35.9 Å². The van der Waals surface area contributed by atoms with E-state index in [9.17, 15) is 19.5 Å². The fourth-order valence-electron chi connectivity index (χ4n) is 4.08.